The van der Waals surface area contributed by atoms with Crippen molar-refractivity contribution in [2.75, 3.05) is 17.2 Å². The molecular formula is C25H29F3N4O2. The Labute approximate surface area is 197 Å². The molecule has 3 rings (SSSR count). The molecule has 34 heavy (non-hydrogen) atoms. The standard InChI is InChI=1S/C25H29F3N4O2/c1-5-6-14-33-20-9-7-8-18(15-20)30-22-21(25(26,27)28)16-29-23(32-22)31-17-10-12-19(13-11-17)34-24(2,3)4/h7-13,15-16H,5-6,14H2,1-4H3,(H2,29,30,31,32). The summed E-state index contributed by atoms with van der Waals surface area (Å²) in [7, 11) is 0. The highest BCUT2D eigenvalue weighted by Gasteiger charge is 2.35. The number of hydrogen-bond donors (Lipinski definition) is 2. The van der Waals surface area contributed by atoms with Crippen LogP contribution in [-0.4, -0.2) is 22.2 Å². The zero-order chi connectivity index (χ0) is 24.8. The predicted octanol–water partition coefficient (Wildman–Crippen LogP) is 7.34. The minimum absolute atomic E-state index is 0.0235. The quantitative estimate of drug-likeness (QED) is 0.316. The molecule has 0 atom stereocenters. The number of ether oxygens (including phenoxy) is 2. The summed E-state index contributed by atoms with van der Waals surface area (Å²) in [5.74, 6) is 0.908. The maximum Gasteiger partial charge on any atom is 0.421 e. The van der Waals surface area contributed by atoms with E-state index in [0.29, 0.717) is 29.5 Å². The van der Waals surface area contributed by atoms with E-state index in [-0.39, 0.29) is 17.4 Å². The van der Waals surface area contributed by atoms with Gasteiger partial charge in [-0.05, 0) is 63.6 Å². The second kappa shape index (κ2) is 10.6. The van der Waals surface area contributed by atoms with Gasteiger partial charge in [-0.15, -0.1) is 0 Å². The topological polar surface area (TPSA) is 68.3 Å². The summed E-state index contributed by atoms with van der Waals surface area (Å²) in [5.41, 5.74) is -0.278. The van der Waals surface area contributed by atoms with Crippen LogP contribution in [0, 0.1) is 0 Å². The first-order chi connectivity index (χ1) is 16.0. The summed E-state index contributed by atoms with van der Waals surface area (Å²) in [5, 5.41) is 5.69. The van der Waals surface area contributed by atoms with Gasteiger partial charge < -0.3 is 20.1 Å². The molecule has 0 bridgehead atoms. The smallest absolute Gasteiger partial charge is 0.421 e. The van der Waals surface area contributed by atoms with Crippen LogP contribution in [0.25, 0.3) is 0 Å². The van der Waals surface area contributed by atoms with E-state index in [1.54, 1.807) is 48.5 Å². The van der Waals surface area contributed by atoms with Gasteiger partial charge in [-0.25, -0.2) is 4.98 Å². The normalized spacial score (nSPS) is 11.7. The first-order valence-corrected chi connectivity index (χ1v) is 11.0. The Balaban J connectivity index is 1.81. The van der Waals surface area contributed by atoms with Gasteiger partial charge in [-0.3, -0.25) is 0 Å². The van der Waals surface area contributed by atoms with Crippen molar-refractivity contribution in [2.24, 2.45) is 0 Å². The summed E-state index contributed by atoms with van der Waals surface area (Å²) in [6.07, 6.45) is -1.99. The second-order valence-electron chi connectivity index (χ2n) is 8.67. The van der Waals surface area contributed by atoms with E-state index in [4.69, 9.17) is 9.47 Å². The molecule has 3 aromatic rings. The monoisotopic (exact) mass is 474 g/mol. The minimum Gasteiger partial charge on any atom is -0.494 e. The van der Waals surface area contributed by atoms with Gasteiger partial charge in [0.15, 0.2) is 0 Å². The Kier molecular flexibility index (Phi) is 7.86. The van der Waals surface area contributed by atoms with E-state index < -0.39 is 11.7 Å². The van der Waals surface area contributed by atoms with Crippen molar-refractivity contribution in [3.05, 3.63) is 60.3 Å². The number of nitrogens with zero attached hydrogens (tertiary/aromatic N) is 2. The van der Waals surface area contributed by atoms with Crippen molar-refractivity contribution in [1.82, 2.24) is 9.97 Å². The molecule has 6 nitrogen and oxygen atoms in total. The molecule has 1 heterocycles. The van der Waals surface area contributed by atoms with Gasteiger partial charge in [0, 0.05) is 23.6 Å². The highest BCUT2D eigenvalue weighted by molar-refractivity contribution is 5.64. The third-order valence-electron chi connectivity index (χ3n) is 4.49. The minimum atomic E-state index is -4.62. The summed E-state index contributed by atoms with van der Waals surface area (Å²) in [4.78, 5) is 7.95. The fourth-order valence-corrected chi connectivity index (χ4v) is 2.97. The predicted molar refractivity (Wildman–Crippen MR) is 127 cm³/mol. The molecule has 2 N–H and O–H groups in total. The van der Waals surface area contributed by atoms with Crippen LogP contribution in [0.5, 0.6) is 11.5 Å². The first-order valence-electron chi connectivity index (χ1n) is 11.0. The lowest BCUT2D eigenvalue weighted by Crippen LogP contribution is -2.22. The van der Waals surface area contributed by atoms with E-state index in [1.807, 2.05) is 20.8 Å². The third kappa shape index (κ3) is 7.54. The van der Waals surface area contributed by atoms with Crippen molar-refractivity contribution >= 4 is 23.1 Å². The van der Waals surface area contributed by atoms with Gasteiger partial charge in [0.1, 0.15) is 28.5 Å². The van der Waals surface area contributed by atoms with E-state index in [0.717, 1.165) is 19.0 Å². The van der Waals surface area contributed by atoms with Crippen LogP contribution in [-0.2, 0) is 6.18 Å². The Morgan fingerprint density at radius 2 is 1.65 bits per heavy atom. The third-order valence-corrected chi connectivity index (χ3v) is 4.49. The van der Waals surface area contributed by atoms with Gasteiger partial charge >= 0.3 is 6.18 Å². The molecule has 0 radical (unpaired) electrons. The van der Waals surface area contributed by atoms with Crippen LogP contribution in [0.3, 0.4) is 0 Å². The lowest BCUT2D eigenvalue weighted by molar-refractivity contribution is -0.137. The van der Waals surface area contributed by atoms with Crippen molar-refractivity contribution in [1.29, 1.82) is 0 Å². The van der Waals surface area contributed by atoms with Crippen LogP contribution >= 0.6 is 0 Å². The lowest BCUT2D eigenvalue weighted by atomic mass is 10.2. The first kappa shape index (κ1) is 25.1. The Hall–Kier alpha value is -3.49. The number of unbranched alkanes of at least 4 members (excludes halogenated alkanes) is 1. The molecule has 0 fully saturated rings. The summed E-state index contributed by atoms with van der Waals surface area (Å²) in [6, 6.07) is 13.8. The molecule has 0 aliphatic carbocycles. The van der Waals surface area contributed by atoms with Crippen LogP contribution in [0.15, 0.2) is 54.7 Å². The van der Waals surface area contributed by atoms with E-state index >= 15 is 0 Å². The fourth-order valence-electron chi connectivity index (χ4n) is 2.97. The number of hydrogen-bond acceptors (Lipinski definition) is 6. The van der Waals surface area contributed by atoms with Crippen LogP contribution in [0.1, 0.15) is 46.1 Å². The molecule has 0 amide bonds. The van der Waals surface area contributed by atoms with Gasteiger partial charge in [-0.1, -0.05) is 19.4 Å². The molecule has 2 aromatic carbocycles. The lowest BCUT2D eigenvalue weighted by Gasteiger charge is -2.21. The summed E-state index contributed by atoms with van der Waals surface area (Å²) >= 11 is 0. The maximum atomic E-state index is 13.6. The number of anilines is 4. The molecule has 0 saturated heterocycles. The largest absolute Gasteiger partial charge is 0.494 e. The number of aromatic nitrogens is 2. The maximum absolute atomic E-state index is 13.6. The van der Waals surface area contributed by atoms with E-state index in [2.05, 4.69) is 27.5 Å². The molecule has 9 heteroatoms. The van der Waals surface area contributed by atoms with Crippen molar-refractivity contribution in [3.63, 3.8) is 0 Å². The highest BCUT2D eigenvalue weighted by Crippen LogP contribution is 2.36. The molecule has 182 valence electrons. The number of rotatable bonds is 9. The SMILES string of the molecule is CCCCOc1cccc(Nc2nc(Nc3ccc(OC(C)(C)C)cc3)ncc2C(F)(F)F)c1. The van der Waals surface area contributed by atoms with Gasteiger partial charge in [0.2, 0.25) is 5.95 Å². The van der Waals surface area contributed by atoms with Crippen molar-refractivity contribution in [3.8, 4) is 11.5 Å². The zero-order valence-electron chi connectivity index (χ0n) is 19.7. The zero-order valence-corrected chi connectivity index (χ0v) is 19.7. The van der Waals surface area contributed by atoms with E-state index in [1.165, 1.54) is 0 Å². The van der Waals surface area contributed by atoms with E-state index in [9.17, 15) is 13.2 Å². The van der Waals surface area contributed by atoms with Crippen molar-refractivity contribution in [2.45, 2.75) is 52.3 Å². The van der Waals surface area contributed by atoms with Gasteiger partial charge in [0.25, 0.3) is 0 Å². The molecular weight excluding hydrogens is 445 g/mol. The second-order valence-corrected chi connectivity index (χ2v) is 8.67. The summed E-state index contributed by atoms with van der Waals surface area (Å²) in [6.45, 7) is 8.41. The molecule has 0 aliphatic heterocycles. The Morgan fingerprint density at radius 1 is 0.912 bits per heavy atom. The van der Waals surface area contributed by atoms with Gasteiger partial charge in [0.05, 0.1) is 6.61 Å². The average molecular weight is 475 g/mol. The van der Waals surface area contributed by atoms with Crippen LogP contribution in [0.2, 0.25) is 0 Å². The fraction of sp³-hybridized carbons (Fsp3) is 0.360. The average Bonchev–Trinajstić information content (AvgIpc) is 2.74. The van der Waals surface area contributed by atoms with Gasteiger partial charge in [-0.2, -0.15) is 18.2 Å². The molecule has 1 aromatic heterocycles. The van der Waals surface area contributed by atoms with Crippen molar-refractivity contribution < 1.29 is 22.6 Å². The molecule has 0 aliphatic rings. The number of alkyl halides is 3. The summed E-state index contributed by atoms with van der Waals surface area (Å²) < 4.78 is 52.2. The Morgan fingerprint density at radius 3 is 2.29 bits per heavy atom. The molecule has 0 unspecified atom stereocenters. The van der Waals surface area contributed by atoms with Crippen LogP contribution in [0.4, 0.5) is 36.3 Å². The number of halogens is 3. The molecule has 0 spiro atoms. The number of benzene rings is 2. The van der Waals surface area contributed by atoms with Crippen LogP contribution < -0.4 is 20.1 Å². The highest BCUT2D eigenvalue weighted by atomic mass is 19.4. The molecule has 0 saturated carbocycles. The number of nitrogens with one attached hydrogen (secondary N) is 2. The Bertz CT molecular complexity index is 1080.